The largest absolute Gasteiger partial charge is 0.466 e. The van der Waals surface area contributed by atoms with Crippen molar-refractivity contribution in [1.29, 1.82) is 0 Å². The Balaban J connectivity index is 2.62. The molecule has 1 amide bonds. The molecule has 1 saturated heterocycles. The molecule has 0 N–H and O–H groups in total. The number of carbonyl (C=O) groups excluding carboxylic acids is 2. The van der Waals surface area contributed by atoms with E-state index in [1.165, 1.54) is 0 Å². The molecule has 1 heterocycles. The van der Waals surface area contributed by atoms with Crippen LogP contribution in [0.1, 0.15) is 19.8 Å². The fraction of sp³-hybridized carbons (Fsp3) is 0.818. The Morgan fingerprint density at radius 3 is 2.05 bits per heavy atom. The number of alkyl halides is 5. The van der Waals surface area contributed by atoms with E-state index < -0.39 is 29.9 Å². The molecule has 0 aromatic heterocycles. The van der Waals surface area contributed by atoms with Crippen LogP contribution in [-0.2, 0) is 14.3 Å². The summed E-state index contributed by atoms with van der Waals surface area (Å²) in [6.07, 6.45) is -5.89. The highest BCUT2D eigenvalue weighted by atomic mass is 19.4. The Hall–Kier alpha value is -1.41. The molecule has 0 atom stereocenters. The van der Waals surface area contributed by atoms with E-state index in [1.807, 2.05) is 0 Å². The van der Waals surface area contributed by atoms with Crippen LogP contribution in [0.4, 0.5) is 22.0 Å². The van der Waals surface area contributed by atoms with Crippen LogP contribution in [0.15, 0.2) is 0 Å². The zero-order valence-electron chi connectivity index (χ0n) is 10.7. The minimum absolute atomic E-state index is 0.0124. The Bertz CT molecular complexity index is 375. The normalized spacial score (nSPS) is 18.0. The summed E-state index contributed by atoms with van der Waals surface area (Å²) < 4.78 is 66.7. The number of nitrogens with zero attached hydrogens (tertiary/aromatic N) is 1. The fourth-order valence-electron chi connectivity index (χ4n) is 1.90. The number of hydrogen-bond donors (Lipinski definition) is 0. The standard InChI is InChI=1S/C11H14F5NO3/c1-2-20-8(18)7-3-5-17(6-4-7)9(19)10(12,13)11(14,15)16/h7H,2-6H2,1H3. The Morgan fingerprint density at radius 2 is 1.65 bits per heavy atom. The minimum Gasteiger partial charge on any atom is -0.466 e. The average Bonchev–Trinajstić information content (AvgIpc) is 2.37. The lowest BCUT2D eigenvalue weighted by Crippen LogP contribution is -2.54. The van der Waals surface area contributed by atoms with Crippen molar-refractivity contribution in [3.63, 3.8) is 0 Å². The van der Waals surface area contributed by atoms with Gasteiger partial charge in [0.05, 0.1) is 12.5 Å². The van der Waals surface area contributed by atoms with Crippen LogP contribution in [0.5, 0.6) is 0 Å². The van der Waals surface area contributed by atoms with Gasteiger partial charge in [-0.1, -0.05) is 0 Å². The lowest BCUT2D eigenvalue weighted by Gasteiger charge is -2.33. The molecule has 1 aliphatic heterocycles. The third kappa shape index (κ3) is 3.37. The van der Waals surface area contributed by atoms with Crippen molar-refractivity contribution >= 4 is 11.9 Å². The van der Waals surface area contributed by atoms with Crippen molar-refractivity contribution < 1.29 is 36.3 Å². The molecule has 0 bridgehead atoms. The first-order valence-corrected chi connectivity index (χ1v) is 6.01. The van der Waals surface area contributed by atoms with Crippen molar-refractivity contribution in [2.45, 2.75) is 31.9 Å². The highest BCUT2D eigenvalue weighted by Gasteiger charge is 2.64. The zero-order chi connectivity index (χ0) is 15.6. The van der Waals surface area contributed by atoms with Gasteiger partial charge in [0, 0.05) is 13.1 Å². The third-order valence-electron chi connectivity index (χ3n) is 3.03. The molecule has 0 spiro atoms. The van der Waals surface area contributed by atoms with E-state index in [1.54, 1.807) is 6.92 Å². The highest BCUT2D eigenvalue weighted by molar-refractivity contribution is 5.84. The van der Waals surface area contributed by atoms with Crippen molar-refractivity contribution in [1.82, 2.24) is 4.90 Å². The molecule has 0 aromatic carbocycles. The number of rotatable bonds is 3. The van der Waals surface area contributed by atoms with Crippen LogP contribution in [0.25, 0.3) is 0 Å². The van der Waals surface area contributed by atoms with Gasteiger partial charge in [0.25, 0.3) is 0 Å². The van der Waals surface area contributed by atoms with Crippen LogP contribution in [0, 0.1) is 5.92 Å². The molecular weight excluding hydrogens is 289 g/mol. The molecule has 0 unspecified atom stereocenters. The monoisotopic (exact) mass is 303 g/mol. The molecule has 1 aliphatic rings. The summed E-state index contributed by atoms with van der Waals surface area (Å²) in [4.78, 5) is 23.0. The van der Waals surface area contributed by atoms with Crippen molar-refractivity contribution in [3.05, 3.63) is 0 Å². The van der Waals surface area contributed by atoms with Gasteiger partial charge >= 0.3 is 24.0 Å². The SMILES string of the molecule is CCOC(=O)C1CCN(C(=O)C(F)(F)C(F)(F)F)CC1. The van der Waals surface area contributed by atoms with E-state index in [0.717, 1.165) is 0 Å². The number of halogens is 5. The van der Waals surface area contributed by atoms with Gasteiger partial charge in [-0.2, -0.15) is 22.0 Å². The number of amides is 1. The van der Waals surface area contributed by atoms with Gasteiger partial charge < -0.3 is 9.64 Å². The van der Waals surface area contributed by atoms with Crippen LogP contribution in [0.2, 0.25) is 0 Å². The van der Waals surface area contributed by atoms with Crippen LogP contribution in [0.3, 0.4) is 0 Å². The third-order valence-corrected chi connectivity index (χ3v) is 3.03. The molecule has 20 heavy (non-hydrogen) atoms. The molecule has 1 rings (SSSR count). The summed E-state index contributed by atoms with van der Waals surface area (Å²) in [5, 5.41) is 0. The Morgan fingerprint density at radius 1 is 1.15 bits per heavy atom. The first-order valence-electron chi connectivity index (χ1n) is 6.01. The molecule has 0 aromatic rings. The van der Waals surface area contributed by atoms with Gasteiger partial charge in [0.15, 0.2) is 0 Å². The number of hydrogen-bond acceptors (Lipinski definition) is 3. The number of esters is 1. The minimum atomic E-state index is -5.91. The smallest absolute Gasteiger partial charge is 0.463 e. The topological polar surface area (TPSA) is 46.6 Å². The van der Waals surface area contributed by atoms with E-state index in [9.17, 15) is 31.5 Å². The fourth-order valence-corrected chi connectivity index (χ4v) is 1.90. The van der Waals surface area contributed by atoms with Gasteiger partial charge in [-0.15, -0.1) is 0 Å². The summed E-state index contributed by atoms with van der Waals surface area (Å²) in [6.45, 7) is 1.10. The maximum atomic E-state index is 12.9. The van der Waals surface area contributed by atoms with E-state index in [2.05, 4.69) is 0 Å². The van der Waals surface area contributed by atoms with E-state index >= 15 is 0 Å². The molecular formula is C11H14F5NO3. The predicted octanol–water partition coefficient (Wildman–Crippen LogP) is 1.99. The quantitative estimate of drug-likeness (QED) is 0.592. The second-order valence-electron chi connectivity index (χ2n) is 4.39. The van der Waals surface area contributed by atoms with Crippen molar-refractivity contribution in [2.75, 3.05) is 19.7 Å². The Labute approximate surface area is 111 Å². The molecule has 0 radical (unpaired) electrons. The molecule has 0 aliphatic carbocycles. The number of ether oxygens (including phenoxy) is 1. The highest BCUT2D eigenvalue weighted by Crippen LogP contribution is 2.37. The van der Waals surface area contributed by atoms with Crippen LogP contribution < -0.4 is 0 Å². The molecule has 0 saturated carbocycles. The molecule has 9 heteroatoms. The molecule has 1 fully saturated rings. The van der Waals surface area contributed by atoms with Gasteiger partial charge in [-0.3, -0.25) is 9.59 Å². The first-order chi connectivity index (χ1) is 9.11. The average molecular weight is 303 g/mol. The molecule has 116 valence electrons. The Kier molecular flexibility index (Phi) is 4.93. The van der Waals surface area contributed by atoms with Crippen molar-refractivity contribution in [2.24, 2.45) is 5.92 Å². The van der Waals surface area contributed by atoms with E-state index in [-0.39, 0.29) is 32.5 Å². The van der Waals surface area contributed by atoms with Gasteiger partial charge in [-0.25, -0.2) is 0 Å². The summed E-state index contributed by atoms with van der Waals surface area (Å²) >= 11 is 0. The number of piperidine rings is 1. The molecule has 4 nitrogen and oxygen atoms in total. The summed E-state index contributed by atoms with van der Waals surface area (Å²) in [6, 6.07) is 0. The number of carbonyl (C=O) groups is 2. The maximum absolute atomic E-state index is 12.9. The zero-order valence-corrected chi connectivity index (χ0v) is 10.7. The maximum Gasteiger partial charge on any atom is 0.463 e. The van der Waals surface area contributed by atoms with Gasteiger partial charge in [0.2, 0.25) is 0 Å². The summed E-state index contributed by atoms with van der Waals surface area (Å²) in [5.74, 6) is -8.77. The first kappa shape index (κ1) is 16.6. The summed E-state index contributed by atoms with van der Waals surface area (Å²) in [7, 11) is 0. The van der Waals surface area contributed by atoms with E-state index in [4.69, 9.17) is 4.74 Å². The number of likely N-dealkylation sites (tertiary alicyclic amines) is 1. The van der Waals surface area contributed by atoms with Crippen LogP contribution in [-0.4, -0.2) is 48.6 Å². The van der Waals surface area contributed by atoms with Gasteiger partial charge in [-0.05, 0) is 19.8 Å². The summed E-state index contributed by atoms with van der Waals surface area (Å²) in [5.41, 5.74) is 0. The lowest BCUT2D eigenvalue weighted by molar-refractivity contribution is -0.274. The second-order valence-corrected chi connectivity index (χ2v) is 4.39. The van der Waals surface area contributed by atoms with Crippen LogP contribution >= 0.6 is 0 Å². The predicted molar refractivity (Wildman–Crippen MR) is 56.9 cm³/mol. The second kappa shape index (κ2) is 5.92. The van der Waals surface area contributed by atoms with E-state index in [0.29, 0.717) is 4.90 Å². The lowest BCUT2D eigenvalue weighted by atomic mass is 9.96. The van der Waals surface area contributed by atoms with Gasteiger partial charge in [0.1, 0.15) is 0 Å². The van der Waals surface area contributed by atoms with Crippen molar-refractivity contribution in [3.8, 4) is 0 Å².